The molecule has 1 unspecified atom stereocenters. The number of aromatic nitrogens is 3. The number of likely N-dealkylation sites (N-methyl/N-ethyl adjacent to an activating group) is 1. The van der Waals surface area contributed by atoms with Gasteiger partial charge in [-0.05, 0) is 106 Å². The van der Waals surface area contributed by atoms with E-state index >= 15 is 0 Å². The number of rotatable bonds is 12. The number of ether oxygens (including phenoxy) is 2. The molecule has 66 heavy (non-hydrogen) atoms. The van der Waals surface area contributed by atoms with E-state index in [0.29, 0.717) is 46.8 Å². The van der Waals surface area contributed by atoms with Crippen molar-refractivity contribution in [1.29, 1.82) is 0 Å². The van der Waals surface area contributed by atoms with Gasteiger partial charge in [-0.1, -0.05) is 17.7 Å². The van der Waals surface area contributed by atoms with Gasteiger partial charge in [0.2, 0.25) is 17.8 Å². The Morgan fingerprint density at radius 2 is 1.73 bits per heavy atom. The van der Waals surface area contributed by atoms with Crippen LogP contribution in [0.15, 0.2) is 53.5 Å². The van der Waals surface area contributed by atoms with Crippen LogP contribution in [0.3, 0.4) is 0 Å². The first-order valence-electron chi connectivity index (χ1n) is 23.3. The van der Waals surface area contributed by atoms with Gasteiger partial charge in [-0.25, -0.2) is 4.98 Å². The number of carbonyl (C=O) groups is 4. The number of pyridine rings is 1. The summed E-state index contributed by atoms with van der Waals surface area (Å²) >= 11 is 6.61. The van der Waals surface area contributed by atoms with E-state index in [9.17, 15) is 24.0 Å². The highest BCUT2D eigenvalue weighted by atomic mass is 35.5. The molecule has 2 aromatic carbocycles. The minimum Gasteiger partial charge on any atom is -0.478 e. The average molecular weight is 921 g/mol. The van der Waals surface area contributed by atoms with Crippen molar-refractivity contribution in [3.63, 3.8) is 0 Å². The molecule has 4 amide bonds. The Morgan fingerprint density at radius 1 is 0.955 bits per heavy atom. The van der Waals surface area contributed by atoms with Crippen molar-refractivity contribution in [2.24, 2.45) is 5.41 Å². The van der Waals surface area contributed by atoms with Crippen molar-refractivity contribution in [1.82, 2.24) is 35.0 Å². The number of imide groups is 1. The van der Waals surface area contributed by atoms with E-state index in [1.54, 1.807) is 21.7 Å². The van der Waals surface area contributed by atoms with Crippen LogP contribution in [0.4, 0.5) is 23.1 Å². The summed E-state index contributed by atoms with van der Waals surface area (Å²) in [5.41, 5.74) is 4.19. The Kier molecular flexibility index (Phi) is 11.9. The normalized spacial score (nSPS) is 23.2. The molecule has 1 aliphatic carbocycles. The monoisotopic (exact) mass is 920 g/mol. The first-order valence-corrected chi connectivity index (χ1v) is 23.7. The van der Waals surface area contributed by atoms with Crippen LogP contribution in [-0.2, 0) is 25.7 Å². The van der Waals surface area contributed by atoms with Crippen molar-refractivity contribution >= 4 is 69.3 Å². The molecule has 2 aromatic heterocycles. The van der Waals surface area contributed by atoms with Crippen molar-refractivity contribution in [2.45, 2.75) is 102 Å². The first kappa shape index (κ1) is 44.1. The second-order valence-electron chi connectivity index (χ2n) is 19.2. The number of benzene rings is 2. The zero-order valence-electron chi connectivity index (χ0n) is 37.7. The van der Waals surface area contributed by atoms with E-state index in [2.05, 4.69) is 41.7 Å². The lowest BCUT2D eigenvalue weighted by Crippen LogP contribution is -2.65. The molecule has 5 aliphatic heterocycles. The van der Waals surface area contributed by atoms with Crippen LogP contribution in [0.25, 0.3) is 10.9 Å². The molecule has 17 nitrogen and oxygen atoms in total. The Balaban J connectivity index is 0.671. The summed E-state index contributed by atoms with van der Waals surface area (Å²) in [6.45, 7) is 9.73. The third-order valence-corrected chi connectivity index (χ3v) is 14.9. The molecule has 0 bridgehead atoms. The summed E-state index contributed by atoms with van der Waals surface area (Å²) in [5, 5.41) is 9.38. The number of nitrogens with one attached hydrogen (secondary N) is 3. The number of hydrogen-bond donors (Lipinski definition) is 3. The molecule has 6 aliphatic rings. The zero-order valence-corrected chi connectivity index (χ0v) is 38.4. The van der Waals surface area contributed by atoms with Crippen molar-refractivity contribution in [2.75, 3.05) is 68.0 Å². The van der Waals surface area contributed by atoms with Crippen molar-refractivity contribution in [3.05, 3.63) is 75.2 Å². The van der Waals surface area contributed by atoms with E-state index in [1.807, 2.05) is 44.2 Å². The predicted octanol–water partition coefficient (Wildman–Crippen LogP) is 4.77. The number of fused-ring (bicyclic) bond motifs is 2. The van der Waals surface area contributed by atoms with E-state index in [4.69, 9.17) is 26.1 Å². The lowest BCUT2D eigenvalue weighted by atomic mass is 9.69. The van der Waals surface area contributed by atoms with E-state index in [-0.39, 0.29) is 66.2 Å². The lowest BCUT2D eigenvalue weighted by molar-refractivity contribution is -0.137. The van der Waals surface area contributed by atoms with Gasteiger partial charge in [-0.2, -0.15) is 4.98 Å². The third kappa shape index (κ3) is 8.56. The van der Waals surface area contributed by atoms with Crippen LogP contribution < -0.4 is 36.0 Å². The van der Waals surface area contributed by atoms with Crippen molar-refractivity contribution in [3.8, 4) is 5.75 Å². The van der Waals surface area contributed by atoms with Crippen LogP contribution in [0, 0.1) is 5.41 Å². The average Bonchev–Trinajstić information content (AvgIpc) is 3.61. The Hall–Kier alpha value is -5.78. The maximum absolute atomic E-state index is 13.4. The van der Waals surface area contributed by atoms with Gasteiger partial charge >= 0.3 is 0 Å². The molecule has 3 N–H and O–H groups in total. The van der Waals surface area contributed by atoms with Gasteiger partial charge in [0.15, 0.2) is 18.2 Å². The molecule has 1 atom stereocenters. The number of halogens is 1. The van der Waals surface area contributed by atoms with Crippen LogP contribution in [-0.4, -0.2) is 125 Å². The largest absolute Gasteiger partial charge is 0.478 e. The fourth-order valence-electron chi connectivity index (χ4n) is 10.7. The quantitative estimate of drug-likeness (QED) is 0.165. The smallest absolute Gasteiger partial charge is 0.293 e. The van der Waals surface area contributed by atoms with Gasteiger partial charge in [0.25, 0.3) is 17.4 Å². The van der Waals surface area contributed by atoms with E-state index < -0.39 is 6.04 Å². The van der Waals surface area contributed by atoms with Gasteiger partial charge in [0, 0.05) is 93.7 Å². The molecule has 10 rings (SSSR count). The van der Waals surface area contributed by atoms with Gasteiger partial charge < -0.3 is 39.4 Å². The number of nitrogens with zero attached hydrogens (tertiary/aromatic N) is 7. The Bertz CT molecular complexity index is 2630. The fourth-order valence-corrected chi connectivity index (χ4v) is 10.9. The highest BCUT2D eigenvalue weighted by Crippen LogP contribution is 2.46. The summed E-state index contributed by atoms with van der Waals surface area (Å²) in [4.78, 5) is 80.9. The molecule has 18 heteroatoms. The van der Waals surface area contributed by atoms with Crippen LogP contribution >= 0.6 is 11.6 Å². The molecule has 1 saturated carbocycles. The maximum Gasteiger partial charge on any atom is 0.293 e. The maximum atomic E-state index is 13.4. The lowest BCUT2D eigenvalue weighted by Gasteiger charge is -2.59. The van der Waals surface area contributed by atoms with Gasteiger partial charge in [0.1, 0.15) is 11.1 Å². The van der Waals surface area contributed by atoms with Gasteiger partial charge in [-0.15, -0.1) is 0 Å². The summed E-state index contributed by atoms with van der Waals surface area (Å²) < 4.78 is 13.9. The zero-order chi connectivity index (χ0) is 45.9. The SMILES string of the molecule is CNC(=O)COc1cc2cc(Nc3nc(N4CCC(O[C@H]5C[C@H](N6CC7(CCN(c8ccc9c(c8)C(=O)N(C8CCC(=O)NC8=O)C9)CC7)C6)C5)CC4)ncc3Cl)ccc2n(C(C)C)c1=O. The van der Waals surface area contributed by atoms with E-state index in [1.165, 1.54) is 7.05 Å². The molecule has 1 spiro atoms. The standard InChI is InChI=1S/C48H57ClN10O7/c1-28(2)59-38-7-5-31(18-30(38)19-40(46(59)64)65-25-42(61)50-3)52-43-37(49)23-51-47(54-43)56-14-10-34(11-15-56)66-35-20-33(21-35)57-26-48(27-57)12-16-55(17-13-48)32-6-4-29-24-58(45(63)36(29)22-32)39-8-9-41(60)53-44(39)62/h4-7,18-19,22-23,28,33-35,39H,8-17,20-21,24-27H2,1-3H3,(H,50,61)(H,51,52,54)(H,53,60,62)/t33-,35-,39?. The summed E-state index contributed by atoms with van der Waals surface area (Å²) in [7, 11) is 1.52. The highest BCUT2D eigenvalue weighted by Gasteiger charge is 2.50. The molecule has 5 fully saturated rings. The van der Waals surface area contributed by atoms with Crippen LogP contribution in [0.5, 0.6) is 5.75 Å². The van der Waals surface area contributed by atoms with Gasteiger partial charge in [0.05, 0.1) is 23.9 Å². The number of anilines is 4. The molecule has 348 valence electrons. The number of likely N-dealkylation sites (tertiary alicyclic amines) is 1. The molecular formula is C48H57ClN10O7. The van der Waals surface area contributed by atoms with E-state index in [0.717, 1.165) is 106 Å². The number of carbonyl (C=O) groups excluding carboxylic acids is 4. The molecule has 7 heterocycles. The topological polar surface area (TPSA) is 184 Å². The minimum atomic E-state index is -0.600. The minimum absolute atomic E-state index is 0.0980. The summed E-state index contributed by atoms with van der Waals surface area (Å²) in [6, 6.07) is 13.3. The summed E-state index contributed by atoms with van der Waals surface area (Å²) in [6.07, 6.45) is 8.91. The first-order chi connectivity index (χ1) is 31.8. The highest BCUT2D eigenvalue weighted by molar-refractivity contribution is 6.33. The van der Waals surface area contributed by atoms with Crippen LogP contribution in [0.2, 0.25) is 5.02 Å². The Morgan fingerprint density at radius 3 is 2.45 bits per heavy atom. The fraction of sp³-hybridized carbons (Fsp3) is 0.521. The van der Waals surface area contributed by atoms with Crippen LogP contribution in [0.1, 0.15) is 87.2 Å². The number of piperidine rings is 3. The second kappa shape index (κ2) is 17.8. The molecular weight excluding hydrogens is 864 g/mol. The molecule has 4 saturated heterocycles. The second-order valence-corrected chi connectivity index (χ2v) is 19.6. The number of amides is 4. The molecule has 0 radical (unpaired) electrons. The number of hydrogen-bond acceptors (Lipinski definition) is 13. The van der Waals surface area contributed by atoms with Gasteiger partial charge in [-0.3, -0.25) is 34.2 Å². The summed E-state index contributed by atoms with van der Waals surface area (Å²) in [5.74, 6) is 0.0616. The third-order valence-electron chi connectivity index (χ3n) is 14.6. The van der Waals surface area contributed by atoms with Crippen molar-refractivity contribution < 1.29 is 28.7 Å². The Labute approximate surface area is 388 Å². The molecule has 4 aromatic rings. The predicted molar refractivity (Wildman–Crippen MR) is 250 cm³/mol.